The molecule has 0 saturated heterocycles. The summed E-state index contributed by atoms with van der Waals surface area (Å²) in [7, 11) is 1.64. The zero-order chi connectivity index (χ0) is 18.0. The predicted molar refractivity (Wildman–Crippen MR) is 102 cm³/mol. The number of hydrogen-bond acceptors (Lipinski definition) is 5. The Morgan fingerprint density at radius 1 is 1.00 bits per heavy atom. The highest BCUT2D eigenvalue weighted by atomic mass is 32.2. The van der Waals surface area contributed by atoms with Crippen LogP contribution in [-0.2, 0) is 5.75 Å². The number of rotatable bonds is 5. The van der Waals surface area contributed by atoms with E-state index in [4.69, 9.17) is 10.6 Å². The standard InChI is InChI=1S/C19H22N4OS/c1-12-9-14(3)16(10-13(12)2)11-25-19-22-21-18(23(19)20)15-5-7-17(24-4)8-6-15/h5-10H,11,20H2,1-4H3. The molecule has 5 nitrogen and oxygen atoms in total. The second-order valence-corrected chi connectivity index (χ2v) is 7.00. The van der Waals surface area contributed by atoms with Gasteiger partial charge in [0.1, 0.15) is 5.75 Å². The van der Waals surface area contributed by atoms with Crippen molar-refractivity contribution in [1.29, 1.82) is 0 Å². The van der Waals surface area contributed by atoms with Gasteiger partial charge < -0.3 is 10.6 Å². The van der Waals surface area contributed by atoms with Gasteiger partial charge >= 0.3 is 0 Å². The molecular weight excluding hydrogens is 332 g/mol. The fourth-order valence-electron chi connectivity index (χ4n) is 2.63. The van der Waals surface area contributed by atoms with E-state index in [1.54, 1.807) is 23.5 Å². The summed E-state index contributed by atoms with van der Waals surface area (Å²) in [5.74, 6) is 8.45. The quantitative estimate of drug-likeness (QED) is 0.556. The van der Waals surface area contributed by atoms with Crippen molar-refractivity contribution in [2.24, 2.45) is 0 Å². The van der Waals surface area contributed by atoms with Gasteiger partial charge in [-0.05, 0) is 67.3 Å². The SMILES string of the molecule is COc1ccc(-c2nnc(SCc3cc(C)c(C)cc3C)n2N)cc1. The molecule has 1 heterocycles. The molecule has 0 aliphatic heterocycles. The maximum absolute atomic E-state index is 6.20. The van der Waals surface area contributed by atoms with E-state index < -0.39 is 0 Å². The Kier molecular flexibility index (Phi) is 4.99. The zero-order valence-electron chi connectivity index (χ0n) is 14.9. The van der Waals surface area contributed by atoms with E-state index in [1.165, 1.54) is 22.3 Å². The first-order chi connectivity index (χ1) is 12.0. The van der Waals surface area contributed by atoms with Gasteiger partial charge in [-0.25, -0.2) is 4.68 Å². The molecule has 0 saturated carbocycles. The van der Waals surface area contributed by atoms with Gasteiger partial charge in [0.15, 0.2) is 5.82 Å². The monoisotopic (exact) mass is 354 g/mol. The zero-order valence-corrected chi connectivity index (χ0v) is 15.7. The number of ether oxygens (including phenoxy) is 1. The van der Waals surface area contributed by atoms with Crippen LogP contribution in [0, 0.1) is 20.8 Å². The van der Waals surface area contributed by atoms with Crippen molar-refractivity contribution in [3.8, 4) is 17.1 Å². The van der Waals surface area contributed by atoms with Gasteiger partial charge in [-0.3, -0.25) is 0 Å². The van der Waals surface area contributed by atoms with Crippen molar-refractivity contribution in [3.63, 3.8) is 0 Å². The highest BCUT2D eigenvalue weighted by Crippen LogP contribution is 2.27. The van der Waals surface area contributed by atoms with Crippen molar-refractivity contribution in [2.75, 3.05) is 13.0 Å². The molecule has 0 unspecified atom stereocenters. The van der Waals surface area contributed by atoms with Crippen molar-refractivity contribution >= 4 is 11.8 Å². The third-order valence-electron chi connectivity index (χ3n) is 4.32. The number of hydrogen-bond donors (Lipinski definition) is 1. The minimum atomic E-state index is 0.641. The lowest BCUT2D eigenvalue weighted by molar-refractivity contribution is 0.415. The van der Waals surface area contributed by atoms with Gasteiger partial charge in [-0.1, -0.05) is 23.9 Å². The Hall–Kier alpha value is -2.47. The molecule has 0 radical (unpaired) electrons. The Bertz CT molecular complexity index is 887. The number of nitrogens with two attached hydrogens (primary N) is 1. The molecule has 2 aromatic carbocycles. The van der Waals surface area contributed by atoms with Crippen molar-refractivity contribution < 1.29 is 4.74 Å². The molecule has 3 rings (SSSR count). The summed E-state index contributed by atoms with van der Waals surface area (Å²) in [5.41, 5.74) is 6.10. The highest BCUT2D eigenvalue weighted by molar-refractivity contribution is 7.98. The third kappa shape index (κ3) is 3.64. The van der Waals surface area contributed by atoms with E-state index >= 15 is 0 Å². The van der Waals surface area contributed by atoms with Gasteiger partial charge in [0.25, 0.3) is 0 Å². The molecule has 3 aromatic rings. The van der Waals surface area contributed by atoms with Crippen molar-refractivity contribution in [3.05, 3.63) is 58.7 Å². The molecule has 0 amide bonds. The molecule has 1 aromatic heterocycles. The molecule has 130 valence electrons. The van der Waals surface area contributed by atoms with E-state index in [9.17, 15) is 0 Å². The molecular formula is C19H22N4OS. The highest BCUT2D eigenvalue weighted by Gasteiger charge is 2.13. The topological polar surface area (TPSA) is 66.0 Å². The largest absolute Gasteiger partial charge is 0.497 e. The van der Waals surface area contributed by atoms with Gasteiger partial charge in [-0.15, -0.1) is 10.2 Å². The number of benzene rings is 2. The molecule has 0 fully saturated rings. The predicted octanol–water partition coefficient (Wildman–Crippen LogP) is 3.89. The second-order valence-electron chi connectivity index (χ2n) is 6.06. The molecule has 0 aliphatic rings. The van der Waals surface area contributed by atoms with Crippen LogP contribution in [-0.4, -0.2) is 22.0 Å². The van der Waals surface area contributed by atoms with E-state index in [0.717, 1.165) is 17.1 Å². The maximum Gasteiger partial charge on any atom is 0.210 e. The average molecular weight is 354 g/mol. The summed E-state index contributed by atoms with van der Waals surface area (Å²) in [5, 5.41) is 9.17. The van der Waals surface area contributed by atoms with E-state index in [-0.39, 0.29) is 0 Å². The molecule has 25 heavy (non-hydrogen) atoms. The fourth-order valence-corrected chi connectivity index (χ4v) is 3.55. The number of nitrogen functional groups attached to an aromatic ring is 1. The van der Waals surface area contributed by atoms with Crippen LogP contribution in [0.2, 0.25) is 0 Å². The van der Waals surface area contributed by atoms with Gasteiger partial charge in [-0.2, -0.15) is 0 Å². The first-order valence-electron chi connectivity index (χ1n) is 8.04. The number of aryl methyl sites for hydroxylation is 3. The summed E-state index contributed by atoms with van der Waals surface area (Å²) in [4.78, 5) is 0. The first kappa shape index (κ1) is 17.4. The maximum atomic E-state index is 6.20. The Morgan fingerprint density at radius 3 is 2.36 bits per heavy atom. The average Bonchev–Trinajstić information content (AvgIpc) is 2.98. The first-order valence-corrected chi connectivity index (χ1v) is 9.02. The lowest BCUT2D eigenvalue weighted by atomic mass is 10.0. The number of methoxy groups -OCH3 is 1. The third-order valence-corrected chi connectivity index (χ3v) is 5.31. The van der Waals surface area contributed by atoms with Crippen LogP contribution in [0.15, 0.2) is 41.6 Å². The lowest BCUT2D eigenvalue weighted by Gasteiger charge is -2.09. The minimum Gasteiger partial charge on any atom is -0.497 e. The van der Waals surface area contributed by atoms with Crippen molar-refractivity contribution in [1.82, 2.24) is 14.9 Å². The van der Waals surface area contributed by atoms with Crippen LogP contribution in [0.5, 0.6) is 5.75 Å². The lowest BCUT2D eigenvalue weighted by Crippen LogP contribution is -2.11. The van der Waals surface area contributed by atoms with Crippen LogP contribution in [0.1, 0.15) is 22.3 Å². The van der Waals surface area contributed by atoms with Crippen molar-refractivity contribution in [2.45, 2.75) is 31.7 Å². The van der Waals surface area contributed by atoms with E-state index in [1.807, 2.05) is 24.3 Å². The number of thioether (sulfide) groups is 1. The summed E-state index contributed by atoms with van der Waals surface area (Å²) in [6.45, 7) is 6.41. The van der Waals surface area contributed by atoms with Gasteiger partial charge in [0, 0.05) is 11.3 Å². The van der Waals surface area contributed by atoms with E-state index in [0.29, 0.717) is 11.0 Å². The summed E-state index contributed by atoms with van der Waals surface area (Å²) in [6.07, 6.45) is 0. The Morgan fingerprint density at radius 2 is 1.68 bits per heavy atom. The van der Waals surface area contributed by atoms with Crippen LogP contribution < -0.4 is 10.6 Å². The molecule has 6 heteroatoms. The van der Waals surface area contributed by atoms with Crippen LogP contribution in [0.3, 0.4) is 0 Å². The normalized spacial score (nSPS) is 10.9. The van der Waals surface area contributed by atoms with Gasteiger partial charge in [0.2, 0.25) is 5.16 Å². The number of aromatic nitrogens is 3. The van der Waals surface area contributed by atoms with Crippen LogP contribution >= 0.6 is 11.8 Å². The Balaban J connectivity index is 1.78. The van der Waals surface area contributed by atoms with Crippen LogP contribution in [0.4, 0.5) is 0 Å². The second kappa shape index (κ2) is 7.19. The summed E-state index contributed by atoms with van der Waals surface area (Å²) >= 11 is 1.59. The van der Waals surface area contributed by atoms with E-state index in [2.05, 4.69) is 43.1 Å². The minimum absolute atomic E-state index is 0.641. The van der Waals surface area contributed by atoms with Gasteiger partial charge in [0.05, 0.1) is 7.11 Å². The summed E-state index contributed by atoms with van der Waals surface area (Å²) in [6, 6.07) is 12.1. The fraction of sp³-hybridized carbons (Fsp3) is 0.263. The molecule has 0 spiro atoms. The smallest absolute Gasteiger partial charge is 0.210 e. The molecule has 2 N–H and O–H groups in total. The molecule has 0 aliphatic carbocycles. The summed E-state index contributed by atoms with van der Waals surface area (Å²) < 4.78 is 6.72. The van der Waals surface area contributed by atoms with Crippen LogP contribution in [0.25, 0.3) is 11.4 Å². The molecule has 0 atom stereocenters. The molecule has 0 bridgehead atoms. The number of nitrogens with zero attached hydrogens (tertiary/aromatic N) is 3. The Labute approximate surface area is 152 Å².